The Kier molecular flexibility index (Phi) is 13.1. The van der Waals surface area contributed by atoms with Gasteiger partial charge in [0.05, 0.1) is 7.11 Å². The molecule has 1 aliphatic carbocycles. The first-order valence-electron chi connectivity index (χ1n) is 21.0. The maximum atomic E-state index is 14.5. The smallest absolute Gasteiger partial charge is 0.355 e. The number of amides is 2. The van der Waals surface area contributed by atoms with Crippen molar-refractivity contribution in [1.82, 2.24) is 20.4 Å². The van der Waals surface area contributed by atoms with Crippen LogP contribution in [0, 0.1) is 0 Å². The topological polar surface area (TPSA) is 157 Å². The number of ether oxygens (including phenoxy) is 2. The Morgan fingerprint density at radius 1 is 0.923 bits per heavy atom. The second-order valence-electron chi connectivity index (χ2n) is 15.5. The highest BCUT2D eigenvalue weighted by Crippen LogP contribution is 2.43. The summed E-state index contributed by atoms with van der Waals surface area (Å²) in [5.41, 5.74) is 3.62. The van der Waals surface area contributed by atoms with Gasteiger partial charge >= 0.3 is 5.97 Å². The van der Waals surface area contributed by atoms with Gasteiger partial charge in [-0.3, -0.25) is 14.5 Å². The van der Waals surface area contributed by atoms with Gasteiger partial charge in [-0.25, -0.2) is 9.78 Å². The molecule has 330 valence electrons. The first-order valence-corrected chi connectivity index (χ1v) is 23.3. The van der Waals surface area contributed by atoms with Crippen LogP contribution < -0.4 is 15.4 Å². The number of benzene rings is 4. The fourth-order valence-corrected chi connectivity index (χ4v) is 10.4. The van der Waals surface area contributed by atoms with Gasteiger partial charge in [0.25, 0.3) is 11.8 Å². The van der Waals surface area contributed by atoms with E-state index < -0.39 is 34.7 Å². The summed E-state index contributed by atoms with van der Waals surface area (Å²) < 4.78 is 16.3. The molecule has 13 nitrogen and oxygen atoms in total. The van der Waals surface area contributed by atoms with Crippen LogP contribution in [0.2, 0.25) is 5.15 Å². The quantitative estimate of drug-likeness (QED) is 0.0314. The molecule has 2 aromatic heterocycles. The molecule has 4 aromatic carbocycles. The summed E-state index contributed by atoms with van der Waals surface area (Å²) in [5.74, 6) is -0.499. The van der Waals surface area contributed by atoms with Crippen molar-refractivity contribution in [1.29, 1.82) is 0 Å². The number of thiazole rings is 1. The number of hydrogen-bond donors (Lipinski definition) is 2. The van der Waals surface area contributed by atoms with Gasteiger partial charge in [0, 0.05) is 17.2 Å². The fourth-order valence-electron chi connectivity index (χ4n) is 8.14. The van der Waals surface area contributed by atoms with E-state index in [1.807, 2.05) is 54.6 Å². The second-order valence-corrected chi connectivity index (χ2v) is 17.9. The summed E-state index contributed by atoms with van der Waals surface area (Å²) in [4.78, 5) is 54.9. The van der Waals surface area contributed by atoms with E-state index in [9.17, 15) is 14.4 Å². The number of oxime groups is 1. The zero-order valence-corrected chi connectivity index (χ0v) is 37.5. The number of methoxy groups -OCH3 is 1. The van der Waals surface area contributed by atoms with Crippen LogP contribution in [-0.4, -0.2) is 68.9 Å². The van der Waals surface area contributed by atoms with E-state index in [-0.39, 0.29) is 35.0 Å². The number of rotatable bonds is 16. The molecule has 0 bridgehead atoms. The lowest BCUT2D eigenvalue weighted by atomic mass is 9.77. The average Bonchev–Trinajstić information content (AvgIpc) is 4.15. The second kappa shape index (κ2) is 19.6. The Morgan fingerprint density at radius 2 is 1.57 bits per heavy atom. The van der Waals surface area contributed by atoms with Crippen LogP contribution in [-0.2, 0) is 36.1 Å². The summed E-state index contributed by atoms with van der Waals surface area (Å²) in [6, 6.07) is 38.1. The van der Waals surface area contributed by atoms with Crippen molar-refractivity contribution in [3.8, 4) is 5.75 Å². The Morgan fingerprint density at radius 3 is 2.17 bits per heavy atom. The minimum absolute atomic E-state index is 0.0461. The number of aromatic nitrogens is 2. The average molecular weight is 928 g/mol. The van der Waals surface area contributed by atoms with E-state index in [0.717, 1.165) is 47.9 Å². The number of thioether (sulfide) groups is 1. The molecule has 16 heteroatoms. The number of nitrogens with one attached hydrogen (secondary N) is 2. The number of fused-ring (bicyclic) bond motifs is 1. The van der Waals surface area contributed by atoms with Crippen LogP contribution in [0.1, 0.15) is 59.4 Å². The fraction of sp³-hybridized carbons (Fsp3) is 0.224. The van der Waals surface area contributed by atoms with Gasteiger partial charge in [-0.15, -0.1) is 23.1 Å². The molecule has 6 aromatic rings. The van der Waals surface area contributed by atoms with Gasteiger partial charge in [-0.2, -0.15) is 0 Å². The highest BCUT2D eigenvalue weighted by molar-refractivity contribution is 8.00. The Labute approximate surface area is 388 Å². The number of carbonyl (C=O) groups is 3. The lowest BCUT2D eigenvalue weighted by Crippen LogP contribution is -2.71. The summed E-state index contributed by atoms with van der Waals surface area (Å²) in [6.45, 7) is -0.0461. The van der Waals surface area contributed by atoms with Gasteiger partial charge in [0.1, 0.15) is 46.8 Å². The van der Waals surface area contributed by atoms with Crippen LogP contribution in [0.25, 0.3) is 6.08 Å². The van der Waals surface area contributed by atoms with Crippen LogP contribution >= 0.6 is 34.7 Å². The largest absolute Gasteiger partial charge is 0.497 e. The molecular formula is C49H43ClN6O7S2. The summed E-state index contributed by atoms with van der Waals surface area (Å²) >= 11 is 8.69. The van der Waals surface area contributed by atoms with Crippen molar-refractivity contribution in [2.75, 3.05) is 18.2 Å². The summed E-state index contributed by atoms with van der Waals surface area (Å²) in [6.07, 6.45) is 6.76. The monoisotopic (exact) mass is 926 g/mol. The van der Waals surface area contributed by atoms with Gasteiger partial charge in [0.2, 0.25) is 0 Å². The first-order chi connectivity index (χ1) is 31.8. The van der Waals surface area contributed by atoms with Gasteiger partial charge < -0.3 is 29.5 Å². The van der Waals surface area contributed by atoms with Gasteiger partial charge in [-0.1, -0.05) is 131 Å². The molecule has 2 N–H and O–H groups in total. The maximum absolute atomic E-state index is 14.5. The van der Waals surface area contributed by atoms with Crippen molar-refractivity contribution >= 4 is 69.4 Å². The van der Waals surface area contributed by atoms with Crippen molar-refractivity contribution in [2.45, 2.75) is 55.3 Å². The third-order valence-electron chi connectivity index (χ3n) is 11.4. The van der Waals surface area contributed by atoms with Crippen molar-refractivity contribution < 1.29 is 33.2 Å². The number of nitrogens with zero attached hydrogens (tertiary/aromatic N) is 4. The Bertz CT molecular complexity index is 2640. The van der Waals surface area contributed by atoms with E-state index in [1.165, 1.54) is 34.1 Å². The number of esters is 1. The molecule has 0 radical (unpaired) electrons. The number of carbonyl (C=O) groups excluding carboxylic acids is 3. The predicted molar refractivity (Wildman–Crippen MR) is 250 cm³/mol. The van der Waals surface area contributed by atoms with Crippen LogP contribution in [0.4, 0.5) is 5.13 Å². The van der Waals surface area contributed by atoms with Crippen molar-refractivity contribution in [3.05, 3.63) is 183 Å². The molecule has 2 aliphatic heterocycles. The molecule has 2 amide bonds. The highest BCUT2D eigenvalue weighted by atomic mass is 35.5. The van der Waals surface area contributed by atoms with Gasteiger partial charge in [-0.05, 0) is 71.7 Å². The lowest BCUT2D eigenvalue weighted by Gasteiger charge is -2.49. The van der Waals surface area contributed by atoms with Crippen LogP contribution in [0.3, 0.4) is 0 Å². The van der Waals surface area contributed by atoms with Gasteiger partial charge in [0.15, 0.2) is 21.8 Å². The predicted octanol–water partition coefficient (Wildman–Crippen LogP) is 8.97. The maximum Gasteiger partial charge on any atom is 0.355 e. The normalized spacial score (nSPS) is 17.7. The molecule has 4 heterocycles. The van der Waals surface area contributed by atoms with Crippen molar-refractivity contribution in [2.24, 2.45) is 5.16 Å². The first kappa shape index (κ1) is 43.6. The summed E-state index contributed by atoms with van der Waals surface area (Å²) in [5, 5.41) is 16.7. The van der Waals surface area contributed by atoms with Crippen molar-refractivity contribution in [3.63, 3.8) is 0 Å². The molecule has 3 aliphatic rings. The number of β-lactam (4-membered cyclic amide) rings is 1. The third kappa shape index (κ3) is 9.30. The zero-order valence-electron chi connectivity index (χ0n) is 35.1. The van der Waals surface area contributed by atoms with E-state index in [1.54, 1.807) is 48.9 Å². The minimum Gasteiger partial charge on any atom is -0.497 e. The standard InChI is InChI=1S/C49H43ClN6O7S2/c1-60-36-24-21-31(22-25-36)28-61-47(59)43-32(23-26-38-27-40(50)54-63-38)29-64-46-42(45(58)56(43)46)52-44(57)41(55-62-37-19-11-12-20-37)39-30-65-48(51-39)53-49(33-13-5-2-6-14-33,34-15-7-3-8-16-34)35-17-9-4-10-18-35/h2-10,13-18,21-27,30,37,42,46H,11-12,19-20,28-29H2,1H3,(H,51,53)(H,52,57)/b26-23-,55-41-/t42-,46-/m1/s1. The molecule has 1 saturated carbocycles. The SMILES string of the molecule is COc1ccc(COC(=O)C2=C(/C=C\c3cc(Cl)no3)CS[C@@H]3[C@H](NC(=O)/C(=N\OC4CCCC4)c4csc(NC(c5ccccc5)(c5ccccc5)c5ccccc5)n4)C(=O)N23)cc1. The molecule has 0 unspecified atom stereocenters. The lowest BCUT2D eigenvalue weighted by molar-refractivity contribution is -0.153. The van der Waals surface area contributed by atoms with E-state index >= 15 is 0 Å². The molecule has 65 heavy (non-hydrogen) atoms. The number of halogens is 1. The molecule has 9 rings (SSSR count). The number of hydrogen-bond acceptors (Lipinski definition) is 13. The van der Waals surface area contributed by atoms with E-state index in [4.69, 9.17) is 35.4 Å². The third-order valence-corrected chi connectivity index (χ3v) is 13.7. The Hall–Kier alpha value is -6.68. The minimum atomic E-state index is -0.995. The molecule has 2 fully saturated rings. The molecule has 2 atom stereocenters. The molecular weight excluding hydrogens is 884 g/mol. The zero-order chi connectivity index (χ0) is 44.8. The van der Waals surface area contributed by atoms with Crippen LogP contribution in [0.5, 0.6) is 5.75 Å². The molecule has 0 spiro atoms. The number of anilines is 1. The summed E-state index contributed by atoms with van der Waals surface area (Å²) in [7, 11) is 1.57. The van der Waals surface area contributed by atoms with Crippen LogP contribution in [0.15, 0.2) is 154 Å². The molecule has 1 saturated heterocycles. The highest BCUT2D eigenvalue weighted by Gasteiger charge is 2.54. The van der Waals surface area contributed by atoms with E-state index in [2.05, 4.69) is 57.3 Å². The number of allylic oxidation sites excluding steroid dienone is 1. The van der Waals surface area contributed by atoms with E-state index in [0.29, 0.717) is 28.0 Å². The Balaban J connectivity index is 0.993.